The van der Waals surface area contributed by atoms with Crippen molar-refractivity contribution in [3.05, 3.63) is 59.0 Å². The van der Waals surface area contributed by atoms with Crippen LogP contribution in [-0.4, -0.2) is 28.5 Å². The zero-order chi connectivity index (χ0) is 16.5. The van der Waals surface area contributed by atoms with Gasteiger partial charge in [-0.25, -0.2) is 14.8 Å². The molecule has 3 heterocycles. The minimum absolute atomic E-state index is 0.189. The monoisotopic (exact) mass is 321 g/mol. The molecule has 0 spiro atoms. The quantitative estimate of drug-likeness (QED) is 0.641. The van der Waals surface area contributed by atoms with Crippen LogP contribution >= 0.6 is 0 Å². The highest BCUT2D eigenvalue weighted by atomic mass is 16.2. The summed E-state index contributed by atoms with van der Waals surface area (Å²) in [6.07, 6.45) is 4.15. The summed E-state index contributed by atoms with van der Waals surface area (Å²) in [5, 5.41) is 4.62. The fourth-order valence-corrected chi connectivity index (χ4v) is 2.89. The van der Waals surface area contributed by atoms with Crippen LogP contribution in [0.4, 0.5) is 10.7 Å². The van der Waals surface area contributed by atoms with Crippen molar-refractivity contribution in [1.82, 2.24) is 20.6 Å². The number of nitrogens with zero attached hydrogens (tertiary/aromatic N) is 3. The average molecular weight is 321 g/mol. The van der Waals surface area contributed by atoms with Crippen LogP contribution in [0.15, 0.2) is 42.2 Å². The molecule has 0 unspecified atom stereocenters. The summed E-state index contributed by atoms with van der Waals surface area (Å²) in [5.41, 5.74) is 3.40. The van der Waals surface area contributed by atoms with E-state index in [9.17, 15) is 9.59 Å². The van der Waals surface area contributed by atoms with E-state index in [-0.39, 0.29) is 5.70 Å². The van der Waals surface area contributed by atoms with Gasteiger partial charge in [-0.15, -0.1) is 0 Å². The molecule has 1 aromatic heterocycles. The summed E-state index contributed by atoms with van der Waals surface area (Å²) in [4.78, 5) is 33.7. The molecule has 0 bridgehead atoms. The molecule has 0 radical (unpaired) electrons. The smallest absolute Gasteiger partial charge is 0.326 e. The lowest BCUT2D eigenvalue weighted by molar-refractivity contribution is -0.115. The Morgan fingerprint density at radius 1 is 1.08 bits per heavy atom. The van der Waals surface area contributed by atoms with E-state index in [2.05, 4.69) is 43.7 Å². The number of hydrogen-bond donors (Lipinski definition) is 2. The molecule has 0 atom stereocenters. The number of urea groups is 1. The molecular formula is C17H15N5O2. The number of amides is 3. The SMILES string of the molecule is O=C1NC(=O)C(=Cc2ccnc(N3CCc4ccccc4C3)n2)N1. The lowest BCUT2D eigenvalue weighted by atomic mass is 10.0. The molecule has 7 nitrogen and oxygen atoms in total. The second kappa shape index (κ2) is 5.77. The molecule has 3 amide bonds. The number of carbonyl (C=O) groups is 2. The van der Waals surface area contributed by atoms with Gasteiger partial charge in [0.15, 0.2) is 0 Å². The number of benzene rings is 1. The first-order valence-corrected chi connectivity index (χ1v) is 7.68. The minimum atomic E-state index is -0.520. The Kier molecular flexibility index (Phi) is 3.45. The van der Waals surface area contributed by atoms with Gasteiger partial charge in [0.2, 0.25) is 5.95 Å². The van der Waals surface area contributed by atoms with Crippen LogP contribution in [0.3, 0.4) is 0 Å². The minimum Gasteiger partial charge on any atom is -0.336 e. The fraction of sp³-hybridized carbons (Fsp3) is 0.176. The molecule has 1 saturated heterocycles. The van der Waals surface area contributed by atoms with Crippen LogP contribution in [0.2, 0.25) is 0 Å². The number of nitrogens with one attached hydrogen (secondary N) is 2. The summed E-state index contributed by atoms with van der Waals surface area (Å²) in [7, 11) is 0. The number of fused-ring (bicyclic) bond motifs is 1. The van der Waals surface area contributed by atoms with E-state index in [4.69, 9.17) is 0 Å². The van der Waals surface area contributed by atoms with Crippen molar-refractivity contribution < 1.29 is 9.59 Å². The number of carbonyl (C=O) groups excluding carboxylic acids is 2. The summed E-state index contributed by atoms with van der Waals surface area (Å²) in [6.45, 7) is 1.60. The molecule has 4 rings (SSSR count). The molecule has 120 valence electrons. The van der Waals surface area contributed by atoms with Gasteiger partial charge in [0.25, 0.3) is 5.91 Å². The van der Waals surface area contributed by atoms with Gasteiger partial charge in [-0.05, 0) is 29.7 Å². The van der Waals surface area contributed by atoms with Crippen molar-refractivity contribution in [2.24, 2.45) is 0 Å². The Morgan fingerprint density at radius 2 is 1.92 bits per heavy atom. The lowest BCUT2D eigenvalue weighted by Crippen LogP contribution is -2.31. The van der Waals surface area contributed by atoms with E-state index < -0.39 is 11.9 Å². The summed E-state index contributed by atoms with van der Waals surface area (Å²) < 4.78 is 0. The predicted octanol–water partition coefficient (Wildman–Crippen LogP) is 1.22. The Bertz CT molecular complexity index is 862. The molecule has 2 aliphatic heterocycles. The molecule has 0 saturated carbocycles. The first kappa shape index (κ1) is 14.4. The van der Waals surface area contributed by atoms with Crippen LogP contribution in [0.5, 0.6) is 0 Å². The first-order valence-electron chi connectivity index (χ1n) is 7.68. The molecule has 2 N–H and O–H groups in total. The van der Waals surface area contributed by atoms with Gasteiger partial charge in [0.1, 0.15) is 5.70 Å². The second-order valence-corrected chi connectivity index (χ2v) is 5.69. The third kappa shape index (κ3) is 2.71. The Morgan fingerprint density at radius 3 is 2.71 bits per heavy atom. The Labute approximate surface area is 138 Å². The fourth-order valence-electron chi connectivity index (χ4n) is 2.89. The van der Waals surface area contributed by atoms with Crippen molar-refractivity contribution in [1.29, 1.82) is 0 Å². The van der Waals surface area contributed by atoms with E-state index in [0.29, 0.717) is 11.6 Å². The maximum atomic E-state index is 11.6. The van der Waals surface area contributed by atoms with Gasteiger partial charge in [-0.1, -0.05) is 24.3 Å². The van der Waals surface area contributed by atoms with Crippen LogP contribution < -0.4 is 15.5 Å². The zero-order valence-electron chi connectivity index (χ0n) is 12.8. The third-order valence-corrected chi connectivity index (χ3v) is 4.09. The lowest BCUT2D eigenvalue weighted by Gasteiger charge is -2.28. The van der Waals surface area contributed by atoms with Crippen LogP contribution in [0.25, 0.3) is 6.08 Å². The standard InChI is InChI=1S/C17H15N5O2/c23-15-14(20-17(24)21-15)9-13-5-7-18-16(19-13)22-8-6-11-3-1-2-4-12(11)10-22/h1-5,7,9H,6,8,10H2,(H2,20,21,23,24). The van der Waals surface area contributed by atoms with E-state index in [0.717, 1.165) is 19.5 Å². The zero-order valence-corrected chi connectivity index (χ0v) is 12.8. The van der Waals surface area contributed by atoms with Crippen LogP contribution in [-0.2, 0) is 17.8 Å². The van der Waals surface area contributed by atoms with Crippen molar-refractivity contribution in [3.8, 4) is 0 Å². The summed E-state index contributed by atoms with van der Waals surface area (Å²) in [6, 6.07) is 9.53. The number of imide groups is 1. The number of aromatic nitrogens is 2. The van der Waals surface area contributed by atoms with Crippen LogP contribution in [0, 0.1) is 0 Å². The first-order chi connectivity index (χ1) is 11.7. The molecule has 24 heavy (non-hydrogen) atoms. The Balaban J connectivity index is 1.59. The van der Waals surface area contributed by atoms with Gasteiger partial charge in [-0.3, -0.25) is 10.1 Å². The van der Waals surface area contributed by atoms with Gasteiger partial charge >= 0.3 is 6.03 Å². The van der Waals surface area contributed by atoms with Crippen molar-refractivity contribution in [2.45, 2.75) is 13.0 Å². The van der Waals surface area contributed by atoms with Crippen LogP contribution in [0.1, 0.15) is 16.8 Å². The van der Waals surface area contributed by atoms with Crippen molar-refractivity contribution >= 4 is 24.0 Å². The van der Waals surface area contributed by atoms with E-state index >= 15 is 0 Å². The second-order valence-electron chi connectivity index (χ2n) is 5.69. The van der Waals surface area contributed by atoms with E-state index in [1.807, 2.05) is 6.07 Å². The molecule has 1 fully saturated rings. The highest BCUT2D eigenvalue weighted by Crippen LogP contribution is 2.22. The third-order valence-electron chi connectivity index (χ3n) is 4.09. The molecule has 0 aliphatic carbocycles. The summed E-state index contributed by atoms with van der Waals surface area (Å²) in [5.74, 6) is 0.163. The highest BCUT2D eigenvalue weighted by molar-refractivity contribution is 6.13. The highest BCUT2D eigenvalue weighted by Gasteiger charge is 2.23. The Hall–Kier alpha value is -3.22. The van der Waals surface area contributed by atoms with Gasteiger partial charge in [0, 0.05) is 19.3 Å². The maximum Gasteiger partial charge on any atom is 0.326 e. The molecule has 7 heteroatoms. The predicted molar refractivity (Wildman–Crippen MR) is 87.9 cm³/mol. The van der Waals surface area contributed by atoms with Crippen molar-refractivity contribution in [3.63, 3.8) is 0 Å². The van der Waals surface area contributed by atoms with E-state index in [1.54, 1.807) is 18.3 Å². The van der Waals surface area contributed by atoms with Gasteiger partial charge < -0.3 is 10.2 Å². The summed E-state index contributed by atoms with van der Waals surface area (Å²) >= 11 is 0. The molecular weight excluding hydrogens is 306 g/mol. The van der Waals surface area contributed by atoms with Gasteiger partial charge in [-0.2, -0.15) is 0 Å². The molecule has 2 aromatic rings. The van der Waals surface area contributed by atoms with Crippen molar-refractivity contribution in [2.75, 3.05) is 11.4 Å². The molecule has 1 aromatic carbocycles. The normalized spacial score (nSPS) is 18.3. The maximum absolute atomic E-state index is 11.6. The number of rotatable bonds is 2. The topological polar surface area (TPSA) is 87.2 Å². The molecule has 2 aliphatic rings. The van der Waals surface area contributed by atoms with Gasteiger partial charge in [0.05, 0.1) is 5.69 Å². The average Bonchev–Trinajstić information content (AvgIpc) is 2.92. The number of anilines is 1. The largest absolute Gasteiger partial charge is 0.336 e. The number of hydrogen-bond acceptors (Lipinski definition) is 5. The van der Waals surface area contributed by atoms with E-state index in [1.165, 1.54) is 11.1 Å².